The normalized spacial score (nSPS) is 17.1. The molecule has 0 amide bonds. The number of nitro benzene ring substituents is 1. The first kappa shape index (κ1) is 14.7. The predicted molar refractivity (Wildman–Crippen MR) is 77.3 cm³/mol. The molecule has 1 aromatic carbocycles. The topological polar surface area (TPSA) is 58.8 Å². The fourth-order valence-corrected chi connectivity index (χ4v) is 2.39. The van der Waals surface area contributed by atoms with Crippen molar-refractivity contribution in [1.29, 1.82) is 0 Å². The van der Waals surface area contributed by atoms with E-state index in [-0.39, 0.29) is 5.69 Å². The average Bonchev–Trinajstić information content (AvgIpc) is 2.46. The van der Waals surface area contributed by atoms with Gasteiger partial charge in [0.25, 0.3) is 0 Å². The monoisotopic (exact) mass is 279 g/mol. The first-order valence-electron chi connectivity index (χ1n) is 6.82. The van der Waals surface area contributed by atoms with Crippen LogP contribution in [-0.2, 0) is 6.42 Å². The molecular formula is C14H21N3O3. The van der Waals surface area contributed by atoms with Crippen LogP contribution < -0.4 is 4.74 Å². The van der Waals surface area contributed by atoms with Crippen LogP contribution in [0.2, 0.25) is 0 Å². The van der Waals surface area contributed by atoms with Gasteiger partial charge >= 0.3 is 5.69 Å². The number of likely N-dealkylation sites (N-methyl/N-ethyl adjacent to an activating group) is 1. The lowest BCUT2D eigenvalue weighted by atomic mass is 10.1. The molecule has 0 saturated carbocycles. The van der Waals surface area contributed by atoms with Crippen LogP contribution in [0.1, 0.15) is 5.56 Å². The van der Waals surface area contributed by atoms with Gasteiger partial charge in [-0.15, -0.1) is 0 Å². The highest BCUT2D eigenvalue weighted by Crippen LogP contribution is 2.27. The molecule has 0 radical (unpaired) electrons. The highest BCUT2D eigenvalue weighted by Gasteiger charge is 2.16. The van der Waals surface area contributed by atoms with Crippen molar-refractivity contribution in [2.45, 2.75) is 6.42 Å². The fraction of sp³-hybridized carbons (Fsp3) is 0.571. The maximum atomic E-state index is 10.8. The maximum Gasteiger partial charge on any atom is 0.310 e. The van der Waals surface area contributed by atoms with Crippen LogP contribution in [0.15, 0.2) is 18.2 Å². The quantitative estimate of drug-likeness (QED) is 0.602. The third-order valence-electron chi connectivity index (χ3n) is 3.75. The Morgan fingerprint density at radius 2 is 2.00 bits per heavy atom. The fourth-order valence-electron chi connectivity index (χ4n) is 2.39. The van der Waals surface area contributed by atoms with Crippen molar-refractivity contribution in [2.75, 3.05) is 46.9 Å². The lowest BCUT2D eigenvalue weighted by Gasteiger charge is -2.32. The van der Waals surface area contributed by atoms with Crippen molar-refractivity contribution in [3.63, 3.8) is 0 Å². The Bertz CT molecular complexity index is 471. The minimum Gasteiger partial charge on any atom is -0.490 e. The highest BCUT2D eigenvalue weighted by molar-refractivity contribution is 5.48. The van der Waals surface area contributed by atoms with E-state index in [1.54, 1.807) is 6.07 Å². The molecule has 0 spiro atoms. The zero-order valence-corrected chi connectivity index (χ0v) is 12.0. The first-order chi connectivity index (χ1) is 9.60. The molecule has 6 nitrogen and oxygen atoms in total. The Morgan fingerprint density at radius 1 is 1.30 bits per heavy atom. The lowest BCUT2D eigenvalue weighted by Crippen LogP contribution is -2.45. The second kappa shape index (κ2) is 6.67. The number of nitrogens with zero attached hydrogens (tertiary/aromatic N) is 3. The first-order valence-corrected chi connectivity index (χ1v) is 6.82. The Hall–Kier alpha value is -1.66. The average molecular weight is 279 g/mol. The van der Waals surface area contributed by atoms with Gasteiger partial charge in [-0.2, -0.15) is 0 Å². The molecule has 1 aliphatic rings. The molecule has 110 valence electrons. The molecule has 0 aliphatic carbocycles. The molecule has 1 saturated heterocycles. The van der Waals surface area contributed by atoms with Gasteiger partial charge in [-0.25, -0.2) is 0 Å². The number of rotatable bonds is 5. The summed E-state index contributed by atoms with van der Waals surface area (Å²) in [7, 11) is 3.60. The van der Waals surface area contributed by atoms with E-state index in [1.165, 1.54) is 13.2 Å². The van der Waals surface area contributed by atoms with Gasteiger partial charge in [0.2, 0.25) is 0 Å². The molecule has 2 rings (SSSR count). The number of hydrogen-bond donors (Lipinski definition) is 0. The van der Waals surface area contributed by atoms with Crippen molar-refractivity contribution < 1.29 is 9.66 Å². The van der Waals surface area contributed by atoms with Gasteiger partial charge in [-0.3, -0.25) is 10.1 Å². The zero-order valence-electron chi connectivity index (χ0n) is 12.0. The van der Waals surface area contributed by atoms with E-state index in [0.717, 1.165) is 44.7 Å². The third-order valence-corrected chi connectivity index (χ3v) is 3.75. The van der Waals surface area contributed by atoms with E-state index in [1.807, 2.05) is 6.07 Å². The standard InChI is InChI=1S/C14H21N3O3/c1-15-7-9-16(10-8-15)6-5-12-3-4-13(17(18)19)14(11-12)20-2/h3-4,11H,5-10H2,1-2H3. The van der Waals surface area contributed by atoms with Crippen LogP contribution in [0.25, 0.3) is 0 Å². The Balaban J connectivity index is 1.94. The number of methoxy groups -OCH3 is 1. The zero-order chi connectivity index (χ0) is 14.5. The molecule has 0 atom stereocenters. The Morgan fingerprint density at radius 3 is 2.60 bits per heavy atom. The van der Waals surface area contributed by atoms with E-state index in [0.29, 0.717) is 5.75 Å². The van der Waals surface area contributed by atoms with Crippen LogP contribution in [0, 0.1) is 10.1 Å². The minimum atomic E-state index is -0.414. The summed E-state index contributed by atoms with van der Waals surface area (Å²) in [5.41, 5.74) is 1.10. The SMILES string of the molecule is COc1cc(CCN2CCN(C)CC2)ccc1[N+](=O)[O-]. The van der Waals surface area contributed by atoms with E-state index >= 15 is 0 Å². The molecule has 0 aromatic heterocycles. The molecule has 6 heteroatoms. The molecule has 0 bridgehead atoms. The maximum absolute atomic E-state index is 10.8. The number of nitro groups is 1. The van der Waals surface area contributed by atoms with Gasteiger partial charge in [0.05, 0.1) is 12.0 Å². The number of piperazine rings is 1. The summed E-state index contributed by atoms with van der Waals surface area (Å²) in [5.74, 6) is 0.339. The van der Waals surface area contributed by atoms with Gasteiger partial charge in [0.1, 0.15) is 0 Å². The minimum absolute atomic E-state index is 0.0239. The molecule has 1 heterocycles. The summed E-state index contributed by atoms with van der Waals surface area (Å²) in [6, 6.07) is 5.11. The molecule has 0 N–H and O–H groups in total. The van der Waals surface area contributed by atoms with Crippen molar-refractivity contribution in [3.8, 4) is 5.75 Å². The summed E-state index contributed by atoms with van der Waals surface area (Å²) in [6.07, 6.45) is 0.887. The predicted octanol–water partition coefficient (Wildman–Crippen LogP) is 1.39. The summed E-state index contributed by atoms with van der Waals surface area (Å²) in [5, 5.41) is 10.8. The number of benzene rings is 1. The van der Waals surface area contributed by atoms with Crippen LogP contribution in [0.4, 0.5) is 5.69 Å². The Labute approximate surface area is 119 Å². The van der Waals surface area contributed by atoms with Crippen molar-refractivity contribution in [3.05, 3.63) is 33.9 Å². The summed E-state index contributed by atoms with van der Waals surface area (Å²) < 4.78 is 5.09. The van der Waals surface area contributed by atoms with Crippen molar-refractivity contribution >= 4 is 5.69 Å². The molecule has 1 aromatic rings. The van der Waals surface area contributed by atoms with E-state index in [4.69, 9.17) is 4.74 Å². The smallest absolute Gasteiger partial charge is 0.310 e. The molecule has 1 aliphatic heterocycles. The third kappa shape index (κ3) is 3.68. The number of hydrogen-bond acceptors (Lipinski definition) is 5. The second-order valence-corrected chi connectivity index (χ2v) is 5.16. The van der Waals surface area contributed by atoms with Crippen molar-refractivity contribution in [1.82, 2.24) is 9.80 Å². The van der Waals surface area contributed by atoms with Gasteiger partial charge in [0, 0.05) is 38.8 Å². The van der Waals surface area contributed by atoms with E-state index < -0.39 is 4.92 Å². The van der Waals surface area contributed by atoms with Crippen LogP contribution in [-0.4, -0.2) is 61.6 Å². The molecule has 1 fully saturated rings. The van der Waals surface area contributed by atoms with Crippen LogP contribution in [0.3, 0.4) is 0 Å². The van der Waals surface area contributed by atoms with Gasteiger partial charge in [-0.05, 0) is 25.1 Å². The summed E-state index contributed by atoms with van der Waals surface area (Å²) in [4.78, 5) is 15.2. The van der Waals surface area contributed by atoms with Crippen molar-refractivity contribution in [2.24, 2.45) is 0 Å². The van der Waals surface area contributed by atoms with E-state index in [9.17, 15) is 10.1 Å². The second-order valence-electron chi connectivity index (χ2n) is 5.16. The number of ether oxygens (including phenoxy) is 1. The van der Waals surface area contributed by atoms with Crippen LogP contribution >= 0.6 is 0 Å². The largest absolute Gasteiger partial charge is 0.490 e. The highest BCUT2D eigenvalue weighted by atomic mass is 16.6. The van der Waals surface area contributed by atoms with E-state index in [2.05, 4.69) is 16.8 Å². The summed E-state index contributed by atoms with van der Waals surface area (Å²) in [6.45, 7) is 5.35. The molecule has 0 unspecified atom stereocenters. The van der Waals surface area contributed by atoms with Gasteiger partial charge < -0.3 is 14.5 Å². The summed E-state index contributed by atoms with van der Waals surface area (Å²) >= 11 is 0. The van der Waals surface area contributed by atoms with Gasteiger partial charge in [0.15, 0.2) is 5.75 Å². The molecule has 20 heavy (non-hydrogen) atoms. The van der Waals surface area contributed by atoms with Gasteiger partial charge in [-0.1, -0.05) is 6.07 Å². The van der Waals surface area contributed by atoms with Crippen LogP contribution in [0.5, 0.6) is 5.75 Å². The Kier molecular flexibility index (Phi) is 4.92. The molecular weight excluding hydrogens is 258 g/mol. The lowest BCUT2D eigenvalue weighted by molar-refractivity contribution is -0.385.